The Balaban J connectivity index is 3.04. The second-order valence-electron chi connectivity index (χ2n) is 2.89. The summed E-state index contributed by atoms with van der Waals surface area (Å²) in [5.74, 6) is -6.61. The van der Waals surface area contributed by atoms with E-state index in [4.69, 9.17) is 21.8 Å². The van der Waals surface area contributed by atoms with Gasteiger partial charge in [0.25, 0.3) is 0 Å². The maximum absolute atomic E-state index is 12.9. The van der Waals surface area contributed by atoms with Gasteiger partial charge in [0.05, 0.1) is 0 Å². The molecule has 1 rings (SSSR count). The van der Waals surface area contributed by atoms with Crippen molar-refractivity contribution in [2.45, 2.75) is 12.0 Å². The molecule has 0 heterocycles. The van der Waals surface area contributed by atoms with Crippen LogP contribution in [0.1, 0.15) is 11.7 Å². The third-order valence-corrected chi connectivity index (χ3v) is 2.03. The van der Waals surface area contributed by atoms with Crippen LogP contribution in [0.3, 0.4) is 0 Å². The van der Waals surface area contributed by atoms with Gasteiger partial charge in [0.2, 0.25) is 0 Å². The fourth-order valence-electron chi connectivity index (χ4n) is 1.00. The molecule has 0 spiro atoms. The number of benzene rings is 1. The Morgan fingerprint density at radius 2 is 2.07 bits per heavy atom. The summed E-state index contributed by atoms with van der Waals surface area (Å²) in [7, 11) is 0. The number of aliphatic hydroxyl groups is 1. The molecule has 0 fully saturated rings. The van der Waals surface area contributed by atoms with Crippen LogP contribution in [0.15, 0.2) is 24.3 Å². The van der Waals surface area contributed by atoms with Crippen LogP contribution in [-0.4, -0.2) is 22.1 Å². The van der Waals surface area contributed by atoms with Gasteiger partial charge in [-0.3, -0.25) is 0 Å². The molecule has 2 N–H and O–H groups in total. The quantitative estimate of drug-likeness (QED) is 0.845. The van der Waals surface area contributed by atoms with Gasteiger partial charge in [-0.15, -0.1) is 0 Å². The zero-order valence-corrected chi connectivity index (χ0v) is 8.08. The molecule has 0 aliphatic carbocycles. The van der Waals surface area contributed by atoms with Gasteiger partial charge in [0.1, 0.15) is 0 Å². The van der Waals surface area contributed by atoms with Crippen molar-refractivity contribution >= 4 is 17.6 Å². The van der Waals surface area contributed by atoms with Crippen LogP contribution in [0, 0.1) is 0 Å². The Hall–Kier alpha value is -1.20. The Labute approximate surface area is 88.9 Å². The zero-order valence-electron chi connectivity index (χ0n) is 7.32. The summed E-state index contributed by atoms with van der Waals surface area (Å²) in [5.41, 5.74) is -0.241. The Morgan fingerprint density at radius 3 is 2.53 bits per heavy atom. The highest BCUT2D eigenvalue weighted by Crippen LogP contribution is 2.32. The van der Waals surface area contributed by atoms with Crippen LogP contribution in [0.25, 0.3) is 0 Å². The molecule has 15 heavy (non-hydrogen) atoms. The number of aliphatic hydroxyl groups excluding tert-OH is 1. The molecule has 0 aromatic heterocycles. The minimum Gasteiger partial charge on any atom is -0.477 e. The van der Waals surface area contributed by atoms with Crippen LogP contribution in [-0.2, 0) is 4.79 Å². The average Bonchev–Trinajstić information content (AvgIpc) is 2.16. The standard InChI is InChI=1S/C9H7ClF2O3/c10-6-3-1-2-5(4-6)7(13)9(11,12)8(14)15/h1-4,7,13H,(H,14,15). The topological polar surface area (TPSA) is 57.5 Å². The third kappa shape index (κ3) is 2.43. The number of aliphatic carboxylic acids is 1. The molecule has 0 saturated heterocycles. The van der Waals surface area contributed by atoms with E-state index in [0.717, 1.165) is 6.07 Å². The van der Waals surface area contributed by atoms with E-state index in [0.29, 0.717) is 0 Å². The summed E-state index contributed by atoms with van der Waals surface area (Å²) < 4.78 is 25.7. The van der Waals surface area contributed by atoms with Crippen LogP contribution in [0.4, 0.5) is 8.78 Å². The maximum atomic E-state index is 12.9. The van der Waals surface area contributed by atoms with Crippen LogP contribution < -0.4 is 0 Å². The normalized spacial score (nSPS) is 13.6. The van der Waals surface area contributed by atoms with E-state index in [1.54, 1.807) is 0 Å². The SMILES string of the molecule is O=C(O)C(F)(F)C(O)c1cccc(Cl)c1. The van der Waals surface area contributed by atoms with Crippen molar-refractivity contribution in [1.29, 1.82) is 0 Å². The summed E-state index contributed by atoms with van der Waals surface area (Å²) in [6.45, 7) is 0. The molecule has 0 radical (unpaired) electrons. The predicted molar refractivity (Wildman–Crippen MR) is 49.0 cm³/mol. The number of hydrogen-bond donors (Lipinski definition) is 2. The van der Waals surface area contributed by atoms with E-state index in [1.807, 2.05) is 0 Å². The Kier molecular flexibility index (Phi) is 3.26. The van der Waals surface area contributed by atoms with E-state index >= 15 is 0 Å². The second kappa shape index (κ2) is 4.12. The molecule has 0 saturated carbocycles. The lowest BCUT2D eigenvalue weighted by Gasteiger charge is -2.18. The first kappa shape index (κ1) is 11.9. The molecule has 3 nitrogen and oxygen atoms in total. The minimum atomic E-state index is -4.23. The minimum absolute atomic E-state index is 0.146. The summed E-state index contributed by atoms with van der Waals surface area (Å²) in [4.78, 5) is 10.2. The number of carboxylic acids is 1. The number of carboxylic acid groups (broad SMARTS) is 1. The van der Waals surface area contributed by atoms with Crippen molar-refractivity contribution in [3.05, 3.63) is 34.9 Å². The molecule has 1 aromatic carbocycles. The number of carbonyl (C=O) groups is 1. The largest absolute Gasteiger partial charge is 0.477 e. The molecule has 1 aromatic rings. The first-order valence-electron chi connectivity index (χ1n) is 3.90. The number of halogens is 3. The highest BCUT2D eigenvalue weighted by Gasteiger charge is 2.47. The monoisotopic (exact) mass is 236 g/mol. The average molecular weight is 237 g/mol. The van der Waals surface area contributed by atoms with Crippen molar-refractivity contribution in [3.8, 4) is 0 Å². The van der Waals surface area contributed by atoms with Gasteiger partial charge in [0, 0.05) is 5.02 Å². The van der Waals surface area contributed by atoms with Crippen molar-refractivity contribution in [2.75, 3.05) is 0 Å². The third-order valence-electron chi connectivity index (χ3n) is 1.79. The molecule has 0 aliphatic rings. The van der Waals surface area contributed by atoms with Gasteiger partial charge < -0.3 is 10.2 Å². The molecule has 82 valence electrons. The molecular weight excluding hydrogens is 230 g/mol. The Bertz CT molecular complexity index is 381. The first-order valence-corrected chi connectivity index (χ1v) is 4.28. The Morgan fingerprint density at radius 1 is 1.47 bits per heavy atom. The number of alkyl halides is 2. The second-order valence-corrected chi connectivity index (χ2v) is 3.32. The van der Waals surface area contributed by atoms with E-state index in [2.05, 4.69) is 0 Å². The predicted octanol–water partition coefficient (Wildman–Crippen LogP) is 2.09. The fourth-order valence-corrected chi connectivity index (χ4v) is 1.20. The van der Waals surface area contributed by atoms with Gasteiger partial charge in [-0.1, -0.05) is 23.7 Å². The fraction of sp³-hybridized carbons (Fsp3) is 0.222. The van der Waals surface area contributed by atoms with E-state index in [-0.39, 0.29) is 10.6 Å². The van der Waals surface area contributed by atoms with Gasteiger partial charge >= 0.3 is 11.9 Å². The van der Waals surface area contributed by atoms with Gasteiger partial charge in [-0.25, -0.2) is 4.79 Å². The summed E-state index contributed by atoms with van der Waals surface area (Å²) >= 11 is 5.52. The van der Waals surface area contributed by atoms with Crippen LogP contribution in [0.2, 0.25) is 5.02 Å². The lowest BCUT2D eigenvalue weighted by molar-refractivity contribution is -0.182. The van der Waals surface area contributed by atoms with Gasteiger partial charge in [0.15, 0.2) is 6.10 Å². The van der Waals surface area contributed by atoms with Gasteiger partial charge in [-0.2, -0.15) is 8.78 Å². The highest BCUT2D eigenvalue weighted by molar-refractivity contribution is 6.30. The van der Waals surface area contributed by atoms with Crippen molar-refractivity contribution in [2.24, 2.45) is 0 Å². The lowest BCUT2D eigenvalue weighted by Crippen LogP contribution is -2.35. The lowest BCUT2D eigenvalue weighted by atomic mass is 10.0. The summed E-state index contributed by atoms with van der Waals surface area (Å²) in [5, 5.41) is 17.5. The van der Waals surface area contributed by atoms with E-state index < -0.39 is 18.0 Å². The first-order chi connectivity index (χ1) is 6.85. The van der Waals surface area contributed by atoms with Crippen LogP contribution >= 0.6 is 11.6 Å². The molecule has 1 atom stereocenters. The number of hydrogen-bond acceptors (Lipinski definition) is 2. The number of rotatable bonds is 3. The van der Waals surface area contributed by atoms with E-state index in [1.165, 1.54) is 18.2 Å². The molecule has 1 unspecified atom stereocenters. The molecule has 6 heteroatoms. The summed E-state index contributed by atoms with van der Waals surface area (Å²) in [6.07, 6.45) is -2.41. The molecule has 0 amide bonds. The molecule has 0 aliphatic heterocycles. The molecular formula is C9H7ClF2O3. The summed E-state index contributed by atoms with van der Waals surface area (Å²) in [6, 6.07) is 5.03. The van der Waals surface area contributed by atoms with E-state index in [9.17, 15) is 13.6 Å². The smallest absolute Gasteiger partial charge is 0.377 e. The highest BCUT2D eigenvalue weighted by atomic mass is 35.5. The molecule has 0 bridgehead atoms. The van der Waals surface area contributed by atoms with Crippen molar-refractivity contribution < 1.29 is 23.8 Å². The van der Waals surface area contributed by atoms with Crippen LogP contribution in [0.5, 0.6) is 0 Å². The van der Waals surface area contributed by atoms with Crippen molar-refractivity contribution in [3.63, 3.8) is 0 Å². The maximum Gasteiger partial charge on any atom is 0.377 e. The van der Waals surface area contributed by atoms with Crippen molar-refractivity contribution in [1.82, 2.24) is 0 Å². The zero-order chi connectivity index (χ0) is 11.6. The van der Waals surface area contributed by atoms with Gasteiger partial charge in [-0.05, 0) is 17.7 Å².